The molecule has 4 rings (SSSR count). The maximum absolute atomic E-state index is 12.4. The van der Waals surface area contributed by atoms with Crippen LogP contribution in [0.4, 0.5) is 5.69 Å². The lowest BCUT2D eigenvalue weighted by Gasteiger charge is -2.14. The highest BCUT2D eigenvalue weighted by Crippen LogP contribution is 2.22. The number of aromatic nitrogens is 1. The lowest BCUT2D eigenvalue weighted by atomic mass is 10.1. The van der Waals surface area contributed by atoms with E-state index in [4.69, 9.17) is 0 Å². The summed E-state index contributed by atoms with van der Waals surface area (Å²) >= 11 is 0. The average Bonchev–Trinajstić information content (AvgIpc) is 3.06. The van der Waals surface area contributed by atoms with Crippen LogP contribution in [0.25, 0.3) is 0 Å². The van der Waals surface area contributed by atoms with Gasteiger partial charge in [0.2, 0.25) is 5.91 Å². The highest BCUT2D eigenvalue weighted by Gasteiger charge is 2.34. The van der Waals surface area contributed by atoms with Crippen LogP contribution in [0.5, 0.6) is 0 Å². The van der Waals surface area contributed by atoms with Gasteiger partial charge in [0.05, 0.1) is 23.4 Å². The van der Waals surface area contributed by atoms with Crippen LogP contribution in [-0.4, -0.2) is 40.1 Å². The minimum absolute atomic E-state index is 0.0254. The number of rotatable bonds is 7. The van der Waals surface area contributed by atoms with Gasteiger partial charge in [-0.05, 0) is 42.5 Å². The van der Waals surface area contributed by atoms with Crippen LogP contribution in [0.2, 0.25) is 0 Å². The molecule has 0 atom stereocenters. The van der Waals surface area contributed by atoms with E-state index in [1.165, 1.54) is 0 Å². The van der Waals surface area contributed by atoms with Gasteiger partial charge in [-0.1, -0.05) is 24.3 Å². The SMILES string of the molecule is O=C(CCN1C(=O)c2ccccc2C1=O)Nc1cccc(C(=O)NCc2ccccn2)c1. The van der Waals surface area contributed by atoms with Crippen LogP contribution in [0.15, 0.2) is 72.9 Å². The molecule has 3 aromatic rings. The summed E-state index contributed by atoms with van der Waals surface area (Å²) in [6.45, 7) is 0.263. The van der Waals surface area contributed by atoms with Crippen LogP contribution >= 0.6 is 0 Å². The van der Waals surface area contributed by atoms with Crippen molar-refractivity contribution in [1.29, 1.82) is 0 Å². The van der Waals surface area contributed by atoms with Crippen LogP contribution in [0, 0.1) is 0 Å². The van der Waals surface area contributed by atoms with Gasteiger partial charge in [-0.3, -0.25) is 29.1 Å². The number of hydrogen-bond donors (Lipinski definition) is 2. The molecule has 2 N–H and O–H groups in total. The standard InChI is InChI=1S/C24H20N4O4/c29-21(11-13-28-23(31)19-9-1-2-10-20(19)24(28)32)27-17-8-5-6-16(14-17)22(30)26-15-18-7-3-4-12-25-18/h1-10,12,14H,11,13,15H2,(H,26,30)(H,27,29). The zero-order valence-corrected chi connectivity index (χ0v) is 17.1. The Bertz CT molecular complexity index is 1160. The van der Waals surface area contributed by atoms with Crippen molar-refractivity contribution in [2.45, 2.75) is 13.0 Å². The molecule has 0 unspecified atom stereocenters. The third-order valence-corrected chi connectivity index (χ3v) is 5.01. The summed E-state index contributed by atoms with van der Waals surface area (Å²) in [6.07, 6.45) is 1.60. The van der Waals surface area contributed by atoms with E-state index in [-0.39, 0.29) is 31.3 Å². The first-order chi connectivity index (χ1) is 15.5. The molecular formula is C24H20N4O4. The molecule has 160 valence electrons. The quantitative estimate of drug-likeness (QED) is 0.563. The third kappa shape index (κ3) is 4.54. The highest BCUT2D eigenvalue weighted by molar-refractivity contribution is 6.21. The summed E-state index contributed by atoms with van der Waals surface area (Å²) in [6, 6.07) is 18.6. The fourth-order valence-electron chi connectivity index (χ4n) is 3.39. The number of hydrogen-bond acceptors (Lipinski definition) is 5. The van der Waals surface area contributed by atoms with Crippen molar-refractivity contribution in [2.24, 2.45) is 0 Å². The van der Waals surface area contributed by atoms with Crippen molar-refractivity contribution >= 4 is 29.3 Å². The van der Waals surface area contributed by atoms with Crippen LogP contribution in [0.1, 0.15) is 43.2 Å². The maximum atomic E-state index is 12.4. The minimum Gasteiger partial charge on any atom is -0.346 e. The van der Waals surface area contributed by atoms with Crippen LogP contribution in [-0.2, 0) is 11.3 Å². The Morgan fingerprint density at radius 1 is 0.875 bits per heavy atom. The first-order valence-electron chi connectivity index (χ1n) is 10.1. The second kappa shape index (κ2) is 9.22. The monoisotopic (exact) mass is 428 g/mol. The van der Waals surface area contributed by atoms with E-state index in [1.807, 2.05) is 12.1 Å². The van der Waals surface area contributed by atoms with Gasteiger partial charge in [0.25, 0.3) is 17.7 Å². The summed E-state index contributed by atoms with van der Waals surface area (Å²) in [7, 11) is 0. The highest BCUT2D eigenvalue weighted by atomic mass is 16.2. The number of carbonyl (C=O) groups is 4. The van der Waals surface area contributed by atoms with Gasteiger partial charge >= 0.3 is 0 Å². The predicted octanol–water partition coefficient (Wildman–Crippen LogP) is 2.64. The molecule has 0 radical (unpaired) electrons. The summed E-state index contributed by atoms with van der Waals surface area (Å²) < 4.78 is 0. The second-order valence-electron chi connectivity index (χ2n) is 7.19. The van der Waals surface area contributed by atoms with Crippen molar-refractivity contribution in [3.8, 4) is 0 Å². The molecule has 1 aromatic heterocycles. The molecule has 32 heavy (non-hydrogen) atoms. The number of pyridine rings is 1. The van der Waals surface area contributed by atoms with Gasteiger partial charge in [0.15, 0.2) is 0 Å². The number of imide groups is 1. The normalized spacial score (nSPS) is 12.4. The number of nitrogens with zero attached hydrogens (tertiary/aromatic N) is 2. The third-order valence-electron chi connectivity index (χ3n) is 5.01. The lowest BCUT2D eigenvalue weighted by Crippen LogP contribution is -2.32. The second-order valence-corrected chi connectivity index (χ2v) is 7.19. The van der Waals surface area contributed by atoms with Gasteiger partial charge in [0.1, 0.15) is 0 Å². The number of nitrogens with one attached hydrogen (secondary N) is 2. The number of carbonyl (C=O) groups excluding carboxylic acids is 4. The Labute approximate surface area is 184 Å². The van der Waals surface area contributed by atoms with E-state index in [9.17, 15) is 19.2 Å². The molecule has 0 fully saturated rings. The van der Waals surface area contributed by atoms with E-state index in [1.54, 1.807) is 60.8 Å². The van der Waals surface area contributed by atoms with Gasteiger partial charge < -0.3 is 10.6 Å². The van der Waals surface area contributed by atoms with E-state index < -0.39 is 11.8 Å². The number of amides is 4. The first kappa shape index (κ1) is 20.9. The smallest absolute Gasteiger partial charge is 0.261 e. The molecule has 2 heterocycles. The molecule has 0 spiro atoms. The zero-order valence-electron chi connectivity index (χ0n) is 17.1. The molecule has 1 aliphatic heterocycles. The molecule has 1 aliphatic rings. The molecular weight excluding hydrogens is 408 g/mol. The van der Waals surface area contributed by atoms with E-state index in [0.717, 1.165) is 10.6 Å². The maximum Gasteiger partial charge on any atom is 0.261 e. The van der Waals surface area contributed by atoms with Gasteiger partial charge in [0, 0.05) is 30.4 Å². The van der Waals surface area contributed by atoms with E-state index in [0.29, 0.717) is 22.4 Å². The largest absolute Gasteiger partial charge is 0.346 e. The van der Waals surface area contributed by atoms with Gasteiger partial charge in [-0.15, -0.1) is 0 Å². The number of fused-ring (bicyclic) bond motifs is 1. The molecule has 0 bridgehead atoms. The average molecular weight is 428 g/mol. The van der Waals surface area contributed by atoms with Crippen LogP contribution in [0.3, 0.4) is 0 Å². The van der Waals surface area contributed by atoms with Crippen molar-refractivity contribution in [2.75, 3.05) is 11.9 Å². The first-order valence-corrected chi connectivity index (χ1v) is 10.1. The Hall–Kier alpha value is -4.33. The molecule has 0 saturated carbocycles. The number of anilines is 1. The Balaban J connectivity index is 1.32. The van der Waals surface area contributed by atoms with Crippen molar-refractivity contribution in [3.63, 3.8) is 0 Å². The topological polar surface area (TPSA) is 108 Å². The molecule has 4 amide bonds. The Morgan fingerprint density at radius 2 is 1.59 bits per heavy atom. The van der Waals surface area contributed by atoms with Gasteiger partial charge in [-0.2, -0.15) is 0 Å². The summed E-state index contributed by atoms with van der Waals surface area (Å²) in [5, 5.41) is 5.49. The predicted molar refractivity (Wildman–Crippen MR) is 117 cm³/mol. The fourth-order valence-corrected chi connectivity index (χ4v) is 3.39. The Morgan fingerprint density at radius 3 is 2.28 bits per heavy atom. The van der Waals surface area contributed by atoms with Crippen molar-refractivity contribution in [3.05, 3.63) is 95.3 Å². The Kier molecular flexibility index (Phi) is 6.03. The molecule has 2 aromatic carbocycles. The van der Waals surface area contributed by atoms with Gasteiger partial charge in [-0.25, -0.2) is 0 Å². The van der Waals surface area contributed by atoms with Crippen LogP contribution < -0.4 is 10.6 Å². The van der Waals surface area contributed by atoms with E-state index >= 15 is 0 Å². The fraction of sp³-hybridized carbons (Fsp3) is 0.125. The summed E-state index contributed by atoms with van der Waals surface area (Å²) in [4.78, 5) is 54.8. The molecule has 8 heteroatoms. The van der Waals surface area contributed by atoms with Crippen molar-refractivity contribution in [1.82, 2.24) is 15.2 Å². The van der Waals surface area contributed by atoms with E-state index in [2.05, 4.69) is 15.6 Å². The summed E-state index contributed by atoms with van der Waals surface area (Å²) in [5.74, 6) is -1.46. The van der Waals surface area contributed by atoms with Crippen molar-refractivity contribution < 1.29 is 19.2 Å². The minimum atomic E-state index is -0.398. The number of benzene rings is 2. The molecule has 0 saturated heterocycles. The summed E-state index contributed by atoms with van der Waals surface area (Å²) in [5.41, 5.74) is 2.27. The lowest BCUT2D eigenvalue weighted by molar-refractivity contribution is -0.116. The zero-order chi connectivity index (χ0) is 22.5. The molecule has 0 aliphatic carbocycles. The molecule has 8 nitrogen and oxygen atoms in total.